The van der Waals surface area contributed by atoms with Crippen LogP contribution >= 0.6 is 0 Å². The first-order chi connectivity index (χ1) is 8.82. The summed E-state index contributed by atoms with van der Waals surface area (Å²) >= 11 is 0. The lowest BCUT2D eigenvalue weighted by molar-refractivity contribution is 0.361. The van der Waals surface area contributed by atoms with Crippen LogP contribution in [0.3, 0.4) is 0 Å². The van der Waals surface area contributed by atoms with Crippen LogP contribution in [0.2, 0.25) is 0 Å². The topological polar surface area (TPSA) is 26.9 Å². The Morgan fingerprint density at radius 2 is 2.05 bits per heavy atom. The molecule has 0 N–H and O–H groups in total. The van der Waals surface area contributed by atoms with E-state index in [1.165, 1.54) is 0 Å². The van der Waals surface area contributed by atoms with Gasteiger partial charge in [-0.15, -0.1) is 0 Å². The second kappa shape index (κ2) is 3.71. The fourth-order valence-corrected chi connectivity index (χ4v) is 3.08. The van der Waals surface area contributed by atoms with Gasteiger partial charge in [-0.2, -0.15) is 0 Å². The molecule has 0 aliphatic carbocycles. The Morgan fingerprint density at radius 3 is 2.68 bits per heavy atom. The Balaban J connectivity index is 2.34. The zero-order valence-electron chi connectivity index (χ0n) is 11.8. The van der Waals surface area contributed by atoms with E-state index in [1.54, 1.807) is 10.8 Å². The number of aromatic nitrogens is 2. The molecular formula is C15H19FN2O. The van der Waals surface area contributed by atoms with Gasteiger partial charge >= 0.3 is 0 Å². The second-order valence-corrected chi connectivity index (χ2v) is 6.57. The van der Waals surface area contributed by atoms with E-state index in [1.807, 2.05) is 24.5 Å². The molecule has 0 spiro atoms. The summed E-state index contributed by atoms with van der Waals surface area (Å²) in [5, 5.41) is 0.252. The molecule has 0 aromatic carbocycles. The van der Waals surface area contributed by atoms with Crippen LogP contribution in [-0.4, -0.2) is 9.13 Å². The minimum atomic E-state index is -0.319. The van der Waals surface area contributed by atoms with Gasteiger partial charge in [0.1, 0.15) is 5.39 Å². The molecule has 0 bridgehead atoms. The molecule has 0 unspecified atom stereocenters. The van der Waals surface area contributed by atoms with E-state index in [4.69, 9.17) is 0 Å². The highest BCUT2D eigenvalue weighted by atomic mass is 19.1. The molecule has 3 rings (SSSR count). The summed E-state index contributed by atoms with van der Waals surface area (Å²) in [6.07, 6.45) is 2.46. The van der Waals surface area contributed by atoms with Crippen molar-refractivity contribution in [1.29, 1.82) is 0 Å². The van der Waals surface area contributed by atoms with Gasteiger partial charge in [0.15, 0.2) is 5.82 Å². The third-order valence-electron chi connectivity index (χ3n) is 3.98. The summed E-state index contributed by atoms with van der Waals surface area (Å²) < 4.78 is 18.1. The van der Waals surface area contributed by atoms with Crippen LogP contribution in [0.1, 0.15) is 39.4 Å². The fourth-order valence-electron chi connectivity index (χ4n) is 3.08. The van der Waals surface area contributed by atoms with Gasteiger partial charge in [0.2, 0.25) is 0 Å². The molecule has 1 aliphatic heterocycles. The average Bonchev–Trinajstić information content (AvgIpc) is 2.74. The molecule has 0 amide bonds. The Hall–Kier alpha value is -1.58. The number of halogens is 1. The first-order valence-electron chi connectivity index (χ1n) is 6.73. The van der Waals surface area contributed by atoms with Crippen molar-refractivity contribution in [1.82, 2.24) is 9.13 Å². The molecule has 3 heterocycles. The van der Waals surface area contributed by atoms with Crippen molar-refractivity contribution >= 4 is 10.9 Å². The second-order valence-electron chi connectivity index (χ2n) is 6.57. The lowest BCUT2D eigenvalue weighted by Gasteiger charge is -2.16. The molecule has 4 heteroatoms. The van der Waals surface area contributed by atoms with Crippen molar-refractivity contribution < 1.29 is 4.39 Å². The maximum absolute atomic E-state index is 14.5. The molecule has 1 aliphatic rings. The van der Waals surface area contributed by atoms with E-state index in [2.05, 4.69) is 13.8 Å². The Kier molecular flexibility index (Phi) is 2.43. The molecule has 0 radical (unpaired) electrons. The molecule has 3 nitrogen and oxygen atoms in total. The van der Waals surface area contributed by atoms with E-state index in [0.29, 0.717) is 12.1 Å². The number of nitrogens with zero attached hydrogens (tertiary/aromatic N) is 2. The van der Waals surface area contributed by atoms with Gasteiger partial charge in [0, 0.05) is 18.8 Å². The van der Waals surface area contributed by atoms with Crippen LogP contribution in [0, 0.1) is 11.2 Å². The lowest BCUT2D eigenvalue weighted by atomic mass is 9.91. The zero-order valence-corrected chi connectivity index (χ0v) is 11.8. The van der Waals surface area contributed by atoms with Gasteiger partial charge in [0.25, 0.3) is 5.56 Å². The molecule has 0 atom stereocenters. The molecule has 2 aromatic rings. The standard InChI is InChI=1S/C15H19FN2O/c1-9(2)17-6-5-10-12(14(17)19)13(16)11-7-15(3,4)8-18(10)11/h5-6,9H,7-8H2,1-4H3. The first-order valence-corrected chi connectivity index (χ1v) is 6.73. The molecule has 0 fully saturated rings. The average molecular weight is 262 g/mol. The minimum Gasteiger partial charge on any atom is -0.341 e. The van der Waals surface area contributed by atoms with Crippen LogP contribution in [0.25, 0.3) is 10.9 Å². The van der Waals surface area contributed by atoms with Gasteiger partial charge in [-0.25, -0.2) is 4.39 Å². The SMILES string of the molecule is CC(C)n1ccc2c(c(F)c3n2CC(C)(C)C3)c1=O. The third kappa shape index (κ3) is 1.66. The van der Waals surface area contributed by atoms with Crippen LogP contribution in [0.5, 0.6) is 0 Å². The van der Waals surface area contributed by atoms with E-state index in [9.17, 15) is 9.18 Å². The van der Waals surface area contributed by atoms with Crippen LogP contribution in [0.15, 0.2) is 17.1 Å². The van der Waals surface area contributed by atoms with E-state index in [-0.39, 0.29) is 28.2 Å². The van der Waals surface area contributed by atoms with Crippen molar-refractivity contribution in [2.24, 2.45) is 5.41 Å². The number of fused-ring (bicyclic) bond motifs is 3. The van der Waals surface area contributed by atoms with Gasteiger partial charge in [-0.3, -0.25) is 4.79 Å². The molecule has 0 saturated heterocycles. The summed E-state index contributed by atoms with van der Waals surface area (Å²) in [4.78, 5) is 12.4. The lowest BCUT2D eigenvalue weighted by Crippen LogP contribution is -2.22. The maximum atomic E-state index is 14.5. The molecular weight excluding hydrogens is 243 g/mol. The van der Waals surface area contributed by atoms with E-state index >= 15 is 0 Å². The van der Waals surface area contributed by atoms with Crippen molar-refractivity contribution in [3.63, 3.8) is 0 Å². The summed E-state index contributed by atoms with van der Waals surface area (Å²) in [5.41, 5.74) is 1.26. The Bertz CT molecular complexity index is 722. The maximum Gasteiger partial charge on any atom is 0.263 e. The smallest absolute Gasteiger partial charge is 0.263 e. The Morgan fingerprint density at radius 1 is 1.37 bits per heavy atom. The van der Waals surface area contributed by atoms with Crippen LogP contribution in [0.4, 0.5) is 4.39 Å². The van der Waals surface area contributed by atoms with E-state index in [0.717, 1.165) is 12.1 Å². The highest BCUT2D eigenvalue weighted by molar-refractivity contribution is 5.81. The van der Waals surface area contributed by atoms with Crippen molar-refractivity contribution in [2.75, 3.05) is 0 Å². The predicted octanol–water partition coefficient (Wildman–Crippen LogP) is 3.11. The predicted molar refractivity (Wildman–Crippen MR) is 74.0 cm³/mol. The molecule has 19 heavy (non-hydrogen) atoms. The summed E-state index contributed by atoms with van der Waals surface area (Å²) in [6.45, 7) is 8.88. The molecule has 0 saturated carbocycles. The largest absolute Gasteiger partial charge is 0.341 e. The summed E-state index contributed by atoms with van der Waals surface area (Å²) in [6, 6.07) is 1.91. The third-order valence-corrected chi connectivity index (χ3v) is 3.98. The van der Waals surface area contributed by atoms with Gasteiger partial charge in [0.05, 0.1) is 11.2 Å². The highest BCUT2D eigenvalue weighted by Crippen LogP contribution is 2.37. The van der Waals surface area contributed by atoms with Crippen molar-refractivity contribution in [3.8, 4) is 0 Å². The fraction of sp³-hybridized carbons (Fsp3) is 0.533. The monoisotopic (exact) mass is 262 g/mol. The Labute approximate surface area is 111 Å². The van der Waals surface area contributed by atoms with Gasteiger partial charge in [-0.1, -0.05) is 13.8 Å². The van der Waals surface area contributed by atoms with Crippen molar-refractivity contribution in [3.05, 3.63) is 34.1 Å². The van der Waals surface area contributed by atoms with Crippen LogP contribution < -0.4 is 5.56 Å². The van der Waals surface area contributed by atoms with Gasteiger partial charge < -0.3 is 9.13 Å². The minimum absolute atomic E-state index is 0.0440. The number of rotatable bonds is 1. The van der Waals surface area contributed by atoms with E-state index < -0.39 is 0 Å². The number of hydrogen-bond acceptors (Lipinski definition) is 1. The highest BCUT2D eigenvalue weighted by Gasteiger charge is 2.34. The zero-order chi connectivity index (χ0) is 13.9. The number of hydrogen-bond donors (Lipinski definition) is 0. The summed E-state index contributed by atoms with van der Waals surface area (Å²) in [7, 11) is 0. The summed E-state index contributed by atoms with van der Waals surface area (Å²) in [5.74, 6) is -0.319. The van der Waals surface area contributed by atoms with Gasteiger partial charge in [-0.05, 0) is 31.7 Å². The number of pyridine rings is 1. The first kappa shape index (κ1) is 12.5. The molecule has 102 valence electrons. The van der Waals surface area contributed by atoms with Crippen LogP contribution in [-0.2, 0) is 13.0 Å². The quantitative estimate of drug-likeness (QED) is 0.775. The normalized spacial score (nSPS) is 17.4. The molecule has 2 aromatic heterocycles. The van der Waals surface area contributed by atoms with Crippen molar-refractivity contribution in [2.45, 2.75) is 46.7 Å².